The van der Waals surface area contributed by atoms with Crippen LogP contribution in [0.5, 0.6) is 0 Å². The lowest BCUT2D eigenvalue weighted by Crippen LogP contribution is -2.31. The van der Waals surface area contributed by atoms with E-state index in [-0.39, 0.29) is 12.5 Å². The molecule has 0 rings (SSSR count). The predicted molar refractivity (Wildman–Crippen MR) is 46.3 cm³/mol. The molecule has 0 saturated heterocycles. The summed E-state index contributed by atoms with van der Waals surface area (Å²) < 4.78 is 4.72. The molecule has 74 valence electrons. The molecular formula is C8H13NO4. The van der Waals surface area contributed by atoms with E-state index >= 15 is 0 Å². The van der Waals surface area contributed by atoms with Gasteiger partial charge in [0.2, 0.25) is 5.91 Å². The zero-order valence-electron chi connectivity index (χ0n) is 7.45. The molecule has 0 aromatic rings. The van der Waals surface area contributed by atoms with E-state index < -0.39 is 12.1 Å². The maximum Gasteiger partial charge on any atom is 0.332 e. The Morgan fingerprint density at radius 2 is 2.31 bits per heavy atom. The van der Waals surface area contributed by atoms with Crippen LogP contribution in [0.15, 0.2) is 12.7 Å². The molecule has 0 aromatic heterocycles. The minimum atomic E-state index is -1.09. The highest BCUT2D eigenvalue weighted by Gasteiger charge is 2.12. The Bertz CT molecular complexity index is 202. The van der Waals surface area contributed by atoms with Crippen LogP contribution in [0, 0.1) is 0 Å². The second-order valence-electron chi connectivity index (χ2n) is 2.38. The third kappa shape index (κ3) is 5.86. The average molecular weight is 187 g/mol. The van der Waals surface area contributed by atoms with Crippen LogP contribution in [0.4, 0.5) is 0 Å². The van der Waals surface area contributed by atoms with Gasteiger partial charge in [0, 0.05) is 6.54 Å². The van der Waals surface area contributed by atoms with E-state index in [1.54, 1.807) is 0 Å². The molecule has 0 spiro atoms. The van der Waals surface area contributed by atoms with Crippen LogP contribution in [0.25, 0.3) is 0 Å². The first-order chi connectivity index (χ1) is 6.07. The lowest BCUT2D eigenvalue weighted by molar-refractivity contribution is -0.150. The molecule has 1 unspecified atom stereocenters. The predicted octanol–water partition coefficient (Wildman–Crippen LogP) is -0.222. The Balaban J connectivity index is 3.57. The third-order valence-corrected chi connectivity index (χ3v) is 1.26. The minimum absolute atomic E-state index is 0.249. The van der Waals surface area contributed by atoms with Gasteiger partial charge in [0.25, 0.3) is 0 Å². The van der Waals surface area contributed by atoms with Crippen LogP contribution in [-0.4, -0.2) is 36.2 Å². The van der Waals surface area contributed by atoms with Crippen molar-refractivity contribution in [1.29, 1.82) is 0 Å². The molecule has 0 heterocycles. The van der Waals surface area contributed by atoms with Crippen molar-refractivity contribution in [2.75, 3.05) is 13.2 Å². The summed E-state index contributed by atoms with van der Waals surface area (Å²) >= 11 is 0. The summed E-state index contributed by atoms with van der Waals surface area (Å²) in [5.74, 6) is -1.44. The normalized spacial score (nSPS) is 11.8. The number of aliphatic carboxylic acids is 1. The highest BCUT2D eigenvalue weighted by molar-refractivity contribution is 5.78. The van der Waals surface area contributed by atoms with E-state index in [1.165, 1.54) is 13.0 Å². The molecule has 0 aliphatic rings. The van der Waals surface area contributed by atoms with Gasteiger partial charge in [-0.15, -0.1) is 6.58 Å². The first kappa shape index (κ1) is 11.6. The Hall–Kier alpha value is -1.36. The summed E-state index contributed by atoms with van der Waals surface area (Å²) in [6, 6.07) is 0. The molecule has 5 heteroatoms. The number of carboxylic acid groups (broad SMARTS) is 1. The van der Waals surface area contributed by atoms with E-state index in [9.17, 15) is 9.59 Å². The number of amides is 1. The first-order valence-electron chi connectivity index (χ1n) is 3.80. The van der Waals surface area contributed by atoms with Gasteiger partial charge in [0.1, 0.15) is 6.61 Å². The molecule has 0 aromatic carbocycles. The van der Waals surface area contributed by atoms with Gasteiger partial charge < -0.3 is 15.2 Å². The van der Waals surface area contributed by atoms with E-state index in [4.69, 9.17) is 9.84 Å². The van der Waals surface area contributed by atoms with E-state index in [1.807, 2.05) is 0 Å². The maximum absolute atomic E-state index is 10.9. The number of carbonyl (C=O) groups excluding carboxylic acids is 1. The molecule has 13 heavy (non-hydrogen) atoms. The number of ether oxygens (including phenoxy) is 1. The van der Waals surface area contributed by atoms with Crippen molar-refractivity contribution in [3.05, 3.63) is 12.7 Å². The molecule has 0 aliphatic carbocycles. The largest absolute Gasteiger partial charge is 0.479 e. The first-order valence-corrected chi connectivity index (χ1v) is 3.80. The van der Waals surface area contributed by atoms with Gasteiger partial charge in [-0.1, -0.05) is 6.08 Å². The second-order valence-corrected chi connectivity index (χ2v) is 2.38. The number of nitrogens with one attached hydrogen (secondary N) is 1. The summed E-state index contributed by atoms with van der Waals surface area (Å²) in [6.07, 6.45) is 0.563. The van der Waals surface area contributed by atoms with Gasteiger partial charge in [-0.05, 0) is 6.92 Å². The Morgan fingerprint density at radius 1 is 1.69 bits per heavy atom. The van der Waals surface area contributed by atoms with Gasteiger partial charge in [-0.2, -0.15) is 0 Å². The fourth-order valence-electron chi connectivity index (χ4n) is 0.509. The van der Waals surface area contributed by atoms with Crippen LogP contribution < -0.4 is 5.32 Å². The van der Waals surface area contributed by atoms with Crippen molar-refractivity contribution in [1.82, 2.24) is 5.32 Å². The van der Waals surface area contributed by atoms with Crippen molar-refractivity contribution < 1.29 is 19.4 Å². The van der Waals surface area contributed by atoms with Gasteiger partial charge in [-0.3, -0.25) is 4.79 Å². The average Bonchev–Trinajstić information content (AvgIpc) is 2.10. The molecule has 2 N–H and O–H groups in total. The molecule has 0 bridgehead atoms. The van der Waals surface area contributed by atoms with Crippen molar-refractivity contribution in [3.63, 3.8) is 0 Å². The number of hydrogen-bond donors (Lipinski definition) is 2. The second kappa shape index (κ2) is 6.19. The zero-order chi connectivity index (χ0) is 10.3. The van der Waals surface area contributed by atoms with Crippen LogP contribution in [-0.2, 0) is 14.3 Å². The minimum Gasteiger partial charge on any atom is -0.479 e. The molecule has 0 aliphatic heterocycles. The van der Waals surface area contributed by atoms with E-state index in [0.29, 0.717) is 6.54 Å². The van der Waals surface area contributed by atoms with E-state index in [2.05, 4.69) is 11.9 Å². The number of hydrogen-bond acceptors (Lipinski definition) is 3. The number of carbonyl (C=O) groups is 2. The van der Waals surface area contributed by atoms with Crippen molar-refractivity contribution >= 4 is 11.9 Å². The molecule has 0 radical (unpaired) electrons. The van der Waals surface area contributed by atoms with Gasteiger partial charge in [0.15, 0.2) is 6.10 Å². The zero-order valence-corrected chi connectivity index (χ0v) is 7.45. The molecule has 1 atom stereocenters. The quantitative estimate of drug-likeness (QED) is 0.563. The Kier molecular flexibility index (Phi) is 5.54. The van der Waals surface area contributed by atoms with Crippen molar-refractivity contribution in [2.24, 2.45) is 0 Å². The lowest BCUT2D eigenvalue weighted by atomic mass is 10.4. The van der Waals surface area contributed by atoms with Gasteiger partial charge in [0.05, 0.1) is 0 Å². The van der Waals surface area contributed by atoms with Gasteiger partial charge >= 0.3 is 5.97 Å². The third-order valence-electron chi connectivity index (χ3n) is 1.26. The Morgan fingerprint density at radius 3 is 2.77 bits per heavy atom. The van der Waals surface area contributed by atoms with Crippen molar-refractivity contribution in [3.8, 4) is 0 Å². The monoisotopic (exact) mass is 187 g/mol. The highest BCUT2D eigenvalue weighted by Crippen LogP contribution is 1.89. The molecule has 5 nitrogen and oxygen atoms in total. The van der Waals surface area contributed by atoms with Crippen LogP contribution >= 0.6 is 0 Å². The molecule has 1 amide bonds. The Labute approximate surface area is 76.4 Å². The molecular weight excluding hydrogens is 174 g/mol. The lowest BCUT2D eigenvalue weighted by Gasteiger charge is -2.07. The highest BCUT2D eigenvalue weighted by atomic mass is 16.5. The summed E-state index contributed by atoms with van der Waals surface area (Å²) in [5, 5.41) is 10.8. The standard InChI is InChI=1S/C8H13NO4/c1-3-4-9-7(10)5-13-6(2)8(11)12/h3,6H,1,4-5H2,2H3,(H,9,10)(H,11,12). The van der Waals surface area contributed by atoms with Crippen LogP contribution in [0.1, 0.15) is 6.92 Å². The molecule has 0 fully saturated rings. The SMILES string of the molecule is C=CCNC(=O)COC(C)C(=O)O. The smallest absolute Gasteiger partial charge is 0.332 e. The van der Waals surface area contributed by atoms with E-state index in [0.717, 1.165) is 0 Å². The number of carboxylic acids is 1. The molecule has 0 saturated carbocycles. The summed E-state index contributed by atoms with van der Waals surface area (Å²) in [7, 11) is 0. The van der Waals surface area contributed by atoms with Gasteiger partial charge in [-0.25, -0.2) is 4.79 Å². The van der Waals surface area contributed by atoms with Crippen molar-refractivity contribution in [2.45, 2.75) is 13.0 Å². The summed E-state index contributed by atoms with van der Waals surface area (Å²) in [4.78, 5) is 21.1. The maximum atomic E-state index is 10.9. The fourth-order valence-corrected chi connectivity index (χ4v) is 0.509. The van der Waals surface area contributed by atoms with Crippen LogP contribution in [0.2, 0.25) is 0 Å². The number of rotatable bonds is 6. The van der Waals surface area contributed by atoms with Crippen LogP contribution in [0.3, 0.4) is 0 Å². The topological polar surface area (TPSA) is 75.6 Å². The summed E-state index contributed by atoms with van der Waals surface area (Å²) in [5.41, 5.74) is 0. The fraction of sp³-hybridized carbons (Fsp3) is 0.500. The summed E-state index contributed by atoms with van der Waals surface area (Å²) in [6.45, 7) is 4.87.